The van der Waals surface area contributed by atoms with Crippen molar-refractivity contribution in [2.45, 2.75) is 52.2 Å². The van der Waals surface area contributed by atoms with Crippen molar-refractivity contribution in [3.8, 4) is 5.75 Å². The van der Waals surface area contributed by atoms with Gasteiger partial charge in [0.2, 0.25) is 0 Å². The molecular formula is C17H29ClNO3+. The quantitative estimate of drug-likeness (QED) is 0.647. The van der Waals surface area contributed by atoms with E-state index in [2.05, 4.69) is 13.8 Å². The number of aliphatic hydroxyl groups is 2. The smallest absolute Gasteiger partial charge is 0.137 e. The summed E-state index contributed by atoms with van der Waals surface area (Å²) in [6, 6.07) is 4.00. The van der Waals surface area contributed by atoms with Crippen LogP contribution in [-0.2, 0) is 0 Å². The molecule has 0 radical (unpaired) electrons. The molecule has 0 aromatic heterocycles. The molecule has 5 heteroatoms. The molecule has 22 heavy (non-hydrogen) atoms. The number of nitrogens with two attached hydrogens (primary N) is 1. The number of benzene rings is 1. The third-order valence-electron chi connectivity index (χ3n) is 3.84. The Morgan fingerprint density at radius 3 is 2.55 bits per heavy atom. The van der Waals surface area contributed by atoms with Crippen LogP contribution in [-0.4, -0.2) is 42.1 Å². The number of rotatable bonds is 9. The van der Waals surface area contributed by atoms with Crippen LogP contribution in [0.4, 0.5) is 0 Å². The van der Waals surface area contributed by atoms with E-state index in [1.54, 1.807) is 0 Å². The molecule has 0 spiro atoms. The second-order valence-corrected chi connectivity index (χ2v) is 6.49. The Kier molecular flexibility index (Phi) is 8.18. The van der Waals surface area contributed by atoms with Crippen molar-refractivity contribution in [3.05, 3.63) is 28.3 Å². The summed E-state index contributed by atoms with van der Waals surface area (Å²) < 4.78 is 5.80. The van der Waals surface area contributed by atoms with Crippen molar-refractivity contribution in [1.29, 1.82) is 0 Å². The zero-order chi connectivity index (χ0) is 16.7. The van der Waals surface area contributed by atoms with Crippen molar-refractivity contribution < 1.29 is 20.3 Å². The minimum atomic E-state index is -0.573. The van der Waals surface area contributed by atoms with Crippen LogP contribution in [0.1, 0.15) is 44.2 Å². The average molecular weight is 331 g/mol. The summed E-state index contributed by atoms with van der Waals surface area (Å²) in [7, 11) is 0. The molecule has 0 saturated heterocycles. The topological polar surface area (TPSA) is 66.3 Å². The lowest BCUT2D eigenvalue weighted by Gasteiger charge is -2.18. The normalized spacial score (nSPS) is 14.2. The van der Waals surface area contributed by atoms with E-state index in [9.17, 15) is 5.11 Å². The average Bonchev–Trinajstić information content (AvgIpc) is 2.48. The highest BCUT2D eigenvalue weighted by atomic mass is 35.5. The van der Waals surface area contributed by atoms with Gasteiger partial charge in [-0.3, -0.25) is 0 Å². The van der Waals surface area contributed by atoms with Crippen LogP contribution < -0.4 is 10.1 Å². The van der Waals surface area contributed by atoms with Gasteiger partial charge in [-0.25, -0.2) is 0 Å². The van der Waals surface area contributed by atoms with Gasteiger partial charge in [-0.05, 0) is 42.5 Å². The lowest BCUT2D eigenvalue weighted by molar-refractivity contribution is -0.696. The van der Waals surface area contributed by atoms with Crippen LogP contribution in [0.5, 0.6) is 5.75 Å². The first-order valence-electron chi connectivity index (χ1n) is 7.94. The van der Waals surface area contributed by atoms with Gasteiger partial charge in [0.1, 0.15) is 31.0 Å². The number of hydrogen-bond donors (Lipinski definition) is 3. The van der Waals surface area contributed by atoms with E-state index in [4.69, 9.17) is 21.4 Å². The number of halogens is 1. The molecule has 0 amide bonds. The minimum absolute atomic E-state index is 0.123. The summed E-state index contributed by atoms with van der Waals surface area (Å²) in [6.07, 6.45) is 0.300. The van der Waals surface area contributed by atoms with Crippen molar-refractivity contribution in [2.24, 2.45) is 0 Å². The summed E-state index contributed by atoms with van der Waals surface area (Å²) in [5.74, 6) is 1.08. The molecule has 1 aromatic carbocycles. The molecule has 4 nitrogen and oxygen atoms in total. The summed E-state index contributed by atoms with van der Waals surface area (Å²) in [6.45, 7) is 9.01. The fourth-order valence-corrected chi connectivity index (χ4v) is 2.39. The fourth-order valence-electron chi connectivity index (χ4n) is 2.22. The van der Waals surface area contributed by atoms with E-state index in [0.717, 1.165) is 28.3 Å². The summed E-state index contributed by atoms with van der Waals surface area (Å²) in [5, 5.41) is 21.9. The highest BCUT2D eigenvalue weighted by Gasteiger charge is 2.15. The number of aliphatic hydroxyl groups excluding tert-OH is 2. The number of quaternary nitrogens is 1. The SMILES string of the molecule is CC[C@@H](CO)[NH2+]C[C@H](O)COc1cc(C)c(Cl)cc1C(C)C. The van der Waals surface area contributed by atoms with Crippen LogP contribution in [0.3, 0.4) is 0 Å². The Morgan fingerprint density at radius 2 is 2.00 bits per heavy atom. The predicted octanol–water partition coefficient (Wildman–Crippen LogP) is 1.85. The van der Waals surface area contributed by atoms with Gasteiger partial charge >= 0.3 is 0 Å². The van der Waals surface area contributed by atoms with E-state index >= 15 is 0 Å². The third kappa shape index (κ3) is 5.76. The van der Waals surface area contributed by atoms with E-state index < -0.39 is 6.10 Å². The predicted molar refractivity (Wildman–Crippen MR) is 89.7 cm³/mol. The van der Waals surface area contributed by atoms with Gasteiger partial charge in [-0.1, -0.05) is 32.4 Å². The molecule has 1 aromatic rings. The lowest BCUT2D eigenvalue weighted by Crippen LogP contribution is -2.92. The molecule has 4 N–H and O–H groups in total. The third-order valence-corrected chi connectivity index (χ3v) is 4.25. The number of aryl methyl sites for hydroxylation is 1. The molecule has 0 bridgehead atoms. The lowest BCUT2D eigenvalue weighted by atomic mass is 10.0. The second-order valence-electron chi connectivity index (χ2n) is 6.08. The van der Waals surface area contributed by atoms with Gasteiger partial charge in [0.25, 0.3) is 0 Å². The molecule has 0 saturated carbocycles. The first kappa shape index (κ1) is 19.2. The standard InChI is InChI=1S/C17H28ClNO3/c1-5-13(9-20)19-8-14(21)10-22-17-6-12(4)16(18)7-15(17)11(2)3/h6-7,11,13-14,19-21H,5,8-10H2,1-4H3/p+1/t13-,14-/m0/s1. The molecule has 0 aliphatic carbocycles. The van der Waals surface area contributed by atoms with Crippen molar-refractivity contribution >= 4 is 11.6 Å². The van der Waals surface area contributed by atoms with Gasteiger partial charge in [-0.2, -0.15) is 0 Å². The van der Waals surface area contributed by atoms with Crippen LogP contribution in [0.15, 0.2) is 12.1 Å². The van der Waals surface area contributed by atoms with Gasteiger partial charge in [0, 0.05) is 5.02 Å². The summed E-state index contributed by atoms with van der Waals surface area (Å²) in [5.41, 5.74) is 2.02. The Bertz CT molecular complexity index is 461. The molecule has 126 valence electrons. The van der Waals surface area contributed by atoms with Gasteiger partial charge in [-0.15, -0.1) is 0 Å². The first-order valence-corrected chi connectivity index (χ1v) is 8.31. The van der Waals surface area contributed by atoms with E-state index in [1.165, 1.54) is 0 Å². The zero-order valence-corrected chi connectivity index (χ0v) is 14.7. The Morgan fingerprint density at radius 1 is 1.32 bits per heavy atom. The van der Waals surface area contributed by atoms with Gasteiger partial charge in [0.05, 0.1) is 6.61 Å². The van der Waals surface area contributed by atoms with Gasteiger partial charge < -0.3 is 20.3 Å². The van der Waals surface area contributed by atoms with Crippen molar-refractivity contribution in [3.63, 3.8) is 0 Å². The van der Waals surface area contributed by atoms with Crippen LogP contribution >= 0.6 is 11.6 Å². The maximum atomic E-state index is 10.0. The van der Waals surface area contributed by atoms with Crippen LogP contribution in [0.2, 0.25) is 5.02 Å². The minimum Gasteiger partial charge on any atom is -0.490 e. The molecule has 2 atom stereocenters. The Labute approximate surface area is 138 Å². The monoisotopic (exact) mass is 330 g/mol. The Hall–Kier alpha value is -0.810. The Balaban J connectivity index is 2.62. The van der Waals surface area contributed by atoms with E-state index in [-0.39, 0.29) is 19.3 Å². The molecule has 0 heterocycles. The summed E-state index contributed by atoms with van der Waals surface area (Å²) >= 11 is 6.18. The number of hydrogen-bond acceptors (Lipinski definition) is 3. The molecular weight excluding hydrogens is 302 g/mol. The maximum Gasteiger partial charge on any atom is 0.137 e. The van der Waals surface area contributed by atoms with Crippen LogP contribution in [0.25, 0.3) is 0 Å². The highest BCUT2D eigenvalue weighted by molar-refractivity contribution is 6.31. The molecule has 0 aliphatic rings. The molecule has 1 rings (SSSR count). The van der Waals surface area contributed by atoms with Crippen molar-refractivity contribution in [2.75, 3.05) is 19.8 Å². The molecule has 0 aliphatic heterocycles. The first-order chi connectivity index (χ1) is 10.4. The van der Waals surface area contributed by atoms with E-state index in [0.29, 0.717) is 12.5 Å². The maximum absolute atomic E-state index is 10.0. The van der Waals surface area contributed by atoms with Gasteiger partial charge in [0.15, 0.2) is 0 Å². The highest BCUT2D eigenvalue weighted by Crippen LogP contribution is 2.32. The van der Waals surface area contributed by atoms with E-state index in [1.807, 2.05) is 31.3 Å². The number of ether oxygens (including phenoxy) is 1. The largest absolute Gasteiger partial charge is 0.490 e. The molecule has 0 fully saturated rings. The fraction of sp³-hybridized carbons (Fsp3) is 0.647. The van der Waals surface area contributed by atoms with Crippen LogP contribution in [0, 0.1) is 6.92 Å². The second kappa shape index (κ2) is 9.36. The van der Waals surface area contributed by atoms with Crippen molar-refractivity contribution in [1.82, 2.24) is 0 Å². The zero-order valence-electron chi connectivity index (χ0n) is 14.0. The summed E-state index contributed by atoms with van der Waals surface area (Å²) in [4.78, 5) is 0. The molecule has 0 unspecified atom stereocenters.